The van der Waals surface area contributed by atoms with Crippen LogP contribution in [0.25, 0.3) is 0 Å². The van der Waals surface area contributed by atoms with Crippen LogP contribution >= 0.6 is 0 Å². The van der Waals surface area contributed by atoms with Crippen LogP contribution in [0.15, 0.2) is 12.7 Å². The number of hydrogen-bond acceptors (Lipinski definition) is 0. The van der Waals surface area contributed by atoms with Crippen molar-refractivity contribution < 1.29 is 0 Å². The van der Waals surface area contributed by atoms with Crippen LogP contribution in [0.3, 0.4) is 0 Å². The van der Waals surface area contributed by atoms with Crippen molar-refractivity contribution in [1.29, 1.82) is 0 Å². The van der Waals surface area contributed by atoms with Crippen molar-refractivity contribution in [2.45, 2.75) is 6.92 Å². The van der Waals surface area contributed by atoms with Gasteiger partial charge in [0.05, 0.1) is 0 Å². The summed E-state index contributed by atoms with van der Waals surface area (Å²) in [6, 6.07) is 0. The topological polar surface area (TPSA) is 0 Å². The van der Waals surface area contributed by atoms with Gasteiger partial charge in [-0.2, -0.15) is 0 Å². The molecule has 0 amide bonds. The van der Waals surface area contributed by atoms with Gasteiger partial charge < -0.3 is 0 Å². The molecule has 0 spiro atoms. The monoisotopic (exact) mass is 120 g/mol. The Morgan fingerprint density at radius 1 is 1.40 bits per heavy atom. The van der Waals surface area contributed by atoms with E-state index in [1.54, 1.807) is 6.08 Å². The Morgan fingerprint density at radius 2 is 1.40 bits per heavy atom. The van der Waals surface area contributed by atoms with Gasteiger partial charge in [-0.3, -0.25) is 0 Å². The van der Waals surface area contributed by atoms with Crippen LogP contribution in [0.2, 0.25) is 0 Å². The molecule has 5 heavy (non-hydrogen) atoms. The molecule has 0 aromatic rings. The maximum absolute atomic E-state index is 3.36. The predicted octanol–water partition coefficient (Wildman–Crippen LogP) is 0.431. The first kappa shape index (κ1) is 15.7. The molecule has 0 bridgehead atoms. The second kappa shape index (κ2) is 15.7. The third kappa shape index (κ3) is 19.4. The van der Waals surface area contributed by atoms with E-state index in [0.717, 1.165) is 0 Å². The van der Waals surface area contributed by atoms with Gasteiger partial charge in [-0.25, -0.2) is 0 Å². The minimum Gasteiger partial charge on any atom is -0.103 e. The summed E-state index contributed by atoms with van der Waals surface area (Å²) in [7, 11) is 0. The van der Waals surface area contributed by atoms with Gasteiger partial charge in [-0.05, 0) is 6.92 Å². The second-order valence-electron chi connectivity index (χ2n) is 0.408. The summed E-state index contributed by atoms with van der Waals surface area (Å²) >= 11 is 0. The first-order valence-electron chi connectivity index (χ1n) is 0.986. The van der Waals surface area contributed by atoms with E-state index in [2.05, 4.69) is 6.58 Å². The van der Waals surface area contributed by atoms with Crippen LogP contribution in [0.1, 0.15) is 6.92 Å². The largest absolute Gasteiger partial charge is 0.103 e. The zero-order chi connectivity index (χ0) is 2.71. The van der Waals surface area contributed by atoms with Gasteiger partial charge >= 0.3 is 0 Å². The third-order valence-corrected chi connectivity index (χ3v) is 0. The van der Waals surface area contributed by atoms with Gasteiger partial charge in [0.1, 0.15) is 0 Å². The zero-order valence-corrected chi connectivity index (χ0v) is 10.5. The molecule has 20 valence electrons. The summed E-state index contributed by atoms with van der Waals surface area (Å²) in [5.41, 5.74) is 0. The van der Waals surface area contributed by atoms with E-state index >= 15 is 0 Å². The van der Waals surface area contributed by atoms with E-state index in [-0.39, 0.29) is 103 Å². The van der Waals surface area contributed by atoms with Crippen LogP contribution in [0.5, 0.6) is 0 Å². The van der Waals surface area contributed by atoms with Gasteiger partial charge in [0.15, 0.2) is 0 Å². The van der Waals surface area contributed by atoms with Crippen LogP contribution < -0.4 is 0 Å². The molecular weight excluding hydrogens is 114 g/mol. The molecule has 0 fully saturated rings. The van der Waals surface area contributed by atoms with Gasteiger partial charge in [0.25, 0.3) is 0 Å². The van der Waals surface area contributed by atoms with Crippen molar-refractivity contribution in [1.82, 2.24) is 0 Å². The fraction of sp³-hybridized carbons (Fsp3) is 0.333. The quantitative estimate of drug-likeness (QED) is 0.321. The predicted molar refractivity (Wildman–Crippen MR) is 27.4 cm³/mol. The zero-order valence-electron chi connectivity index (χ0n) is 4.28. The molecule has 0 heterocycles. The SMILES string of the molecule is C=CC.[K].[K]. The summed E-state index contributed by atoms with van der Waals surface area (Å²) in [4.78, 5) is 0. The molecule has 0 aromatic carbocycles. The van der Waals surface area contributed by atoms with Crippen molar-refractivity contribution in [2.75, 3.05) is 0 Å². The van der Waals surface area contributed by atoms with Crippen LogP contribution in [0, 0.1) is 0 Å². The van der Waals surface area contributed by atoms with Gasteiger partial charge in [-0.15, -0.1) is 6.58 Å². The number of hydrogen-bond donors (Lipinski definition) is 0. The number of allylic oxidation sites excluding steroid dienone is 1. The minimum absolute atomic E-state index is 0. The molecule has 0 aromatic heterocycles. The van der Waals surface area contributed by atoms with Crippen molar-refractivity contribution in [3.05, 3.63) is 12.7 Å². The second-order valence-corrected chi connectivity index (χ2v) is 0.408. The maximum atomic E-state index is 3.36. The van der Waals surface area contributed by atoms with Crippen molar-refractivity contribution in [3.63, 3.8) is 0 Å². The standard InChI is InChI=1S/C3H6.2K/c1-3-2;;/h3H,1H2,2H3;;. The Bertz CT molecular complexity index is 12.4. The van der Waals surface area contributed by atoms with Gasteiger partial charge in [-0.1, -0.05) is 6.08 Å². The van der Waals surface area contributed by atoms with Gasteiger partial charge in [0.2, 0.25) is 0 Å². The molecule has 0 aliphatic rings. The third-order valence-electron chi connectivity index (χ3n) is 0. The van der Waals surface area contributed by atoms with Crippen LogP contribution in [-0.4, -0.2) is 103 Å². The maximum Gasteiger partial charge on any atom is 0 e. The molecule has 2 heteroatoms. The molecule has 0 rings (SSSR count). The molecule has 0 nitrogen and oxygen atoms in total. The summed E-state index contributed by atoms with van der Waals surface area (Å²) in [5.74, 6) is 0. The average molecular weight is 120 g/mol. The molecule has 0 N–H and O–H groups in total. The van der Waals surface area contributed by atoms with E-state index in [1.165, 1.54) is 0 Å². The summed E-state index contributed by atoms with van der Waals surface area (Å²) in [6.07, 6.45) is 1.75. The van der Waals surface area contributed by atoms with E-state index in [9.17, 15) is 0 Å². The average Bonchev–Trinajstić information content (AvgIpc) is 0.918. The van der Waals surface area contributed by atoms with Crippen LogP contribution in [0.4, 0.5) is 0 Å². The van der Waals surface area contributed by atoms with Crippen LogP contribution in [-0.2, 0) is 0 Å². The number of rotatable bonds is 0. The fourth-order valence-electron chi connectivity index (χ4n) is 0. The smallest absolute Gasteiger partial charge is 0 e. The van der Waals surface area contributed by atoms with Crippen molar-refractivity contribution in [2.24, 2.45) is 0 Å². The van der Waals surface area contributed by atoms with Crippen molar-refractivity contribution >= 4 is 103 Å². The summed E-state index contributed by atoms with van der Waals surface area (Å²) < 4.78 is 0. The van der Waals surface area contributed by atoms with E-state index in [1.807, 2.05) is 6.92 Å². The Hall–Kier alpha value is 3.01. The molecule has 0 saturated carbocycles. The van der Waals surface area contributed by atoms with E-state index in [0.29, 0.717) is 0 Å². The normalized spacial score (nSPS) is 2.60. The fourth-order valence-corrected chi connectivity index (χ4v) is 0. The Labute approximate surface area is 119 Å². The Morgan fingerprint density at radius 3 is 1.40 bits per heavy atom. The van der Waals surface area contributed by atoms with E-state index in [4.69, 9.17) is 0 Å². The Kier molecular flexibility index (Phi) is 49.4. The molecule has 0 saturated heterocycles. The first-order valence-corrected chi connectivity index (χ1v) is 0.986. The summed E-state index contributed by atoms with van der Waals surface area (Å²) in [5, 5.41) is 0. The molecule has 0 unspecified atom stereocenters. The molecule has 0 aliphatic carbocycles. The molecule has 0 atom stereocenters. The van der Waals surface area contributed by atoms with Crippen molar-refractivity contribution in [3.8, 4) is 0 Å². The summed E-state index contributed by atoms with van der Waals surface area (Å²) in [6.45, 7) is 5.25. The Balaban J connectivity index is -0.0000000200. The minimum atomic E-state index is 0. The molecule has 0 aliphatic heterocycles. The molecular formula is C3H6K2. The van der Waals surface area contributed by atoms with E-state index < -0.39 is 0 Å². The molecule has 2 radical (unpaired) electrons. The first-order chi connectivity index (χ1) is 1.41. The van der Waals surface area contributed by atoms with Gasteiger partial charge in [0, 0.05) is 103 Å².